The van der Waals surface area contributed by atoms with Gasteiger partial charge >= 0.3 is 0 Å². The summed E-state index contributed by atoms with van der Waals surface area (Å²) in [5.41, 5.74) is 2.77. The molecule has 1 aliphatic rings. The van der Waals surface area contributed by atoms with E-state index in [0.717, 1.165) is 60.1 Å². The number of likely N-dealkylation sites (tertiary alicyclic amines) is 1. The second kappa shape index (κ2) is 8.57. The molecule has 3 rings (SSSR count). The van der Waals surface area contributed by atoms with E-state index in [2.05, 4.69) is 16.0 Å². The van der Waals surface area contributed by atoms with Gasteiger partial charge in [0, 0.05) is 17.8 Å². The molecule has 0 aliphatic carbocycles. The molecule has 0 amide bonds. The number of hydrogen-bond donors (Lipinski definition) is 1. The van der Waals surface area contributed by atoms with Crippen LogP contribution in [-0.2, 0) is 13.0 Å². The lowest BCUT2D eigenvalue weighted by molar-refractivity contribution is 0.238. The number of methoxy groups -OCH3 is 1. The summed E-state index contributed by atoms with van der Waals surface area (Å²) in [6.07, 6.45) is 2.80. The zero-order chi connectivity index (χ0) is 19.4. The SMILES string of the molecule is CCOc1ccc(CN2CCC[C@H]2c2nc(C)c(CC)c(=O)[nH]2)cc1OC. The summed E-state index contributed by atoms with van der Waals surface area (Å²) in [5.74, 6) is 2.29. The minimum absolute atomic E-state index is 0.00501. The third kappa shape index (κ3) is 4.16. The number of nitrogens with one attached hydrogen (secondary N) is 1. The van der Waals surface area contributed by atoms with Gasteiger partial charge in [0.2, 0.25) is 0 Å². The highest BCUT2D eigenvalue weighted by atomic mass is 16.5. The molecule has 1 saturated heterocycles. The minimum Gasteiger partial charge on any atom is -0.493 e. The first-order chi connectivity index (χ1) is 13.1. The Hall–Kier alpha value is -2.34. The summed E-state index contributed by atoms with van der Waals surface area (Å²) in [7, 11) is 1.66. The lowest BCUT2D eigenvalue weighted by Gasteiger charge is -2.24. The van der Waals surface area contributed by atoms with Crippen molar-refractivity contribution in [1.29, 1.82) is 0 Å². The fraction of sp³-hybridized carbons (Fsp3) is 0.524. The van der Waals surface area contributed by atoms with Gasteiger partial charge in [-0.15, -0.1) is 0 Å². The van der Waals surface area contributed by atoms with Gasteiger partial charge in [-0.25, -0.2) is 4.98 Å². The molecule has 27 heavy (non-hydrogen) atoms. The van der Waals surface area contributed by atoms with Crippen molar-refractivity contribution in [3.8, 4) is 11.5 Å². The maximum absolute atomic E-state index is 12.4. The second-order valence-corrected chi connectivity index (χ2v) is 6.92. The average Bonchev–Trinajstić information content (AvgIpc) is 3.11. The highest BCUT2D eigenvalue weighted by Gasteiger charge is 2.28. The maximum atomic E-state index is 12.4. The van der Waals surface area contributed by atoms with Gasteiger partial charge in [0.05, 0.1) is 19.8 Å². The van der Waals surface area contributed by atoms with E-state index < -0.39 is 0 Å². The van der Waals surface area contributed by atoms with E-state index >= 15 is 0 Å². The smallest absolute Gasteiger partial charge is 0.254 e. The van der Waals surface area contributed by atoms with Gasteiger partial charge < -0.3 is 14.5 Å². The first kappa shape index (κ1) is 19.4. The van der Waals surface area contributed by atoms with Crippen molar-refractivity contribution in [3.05, 3.63) is 51.2 Å². The van der Waals surface area contributed by atoms with Crippen LogP contribution in [0.3, 0.4) is 0 Å². The molecule has 1 atom stereocenters. The van der Waals surface area contributed by atoms with Crippen LogP contribution in [0.15, 0.2) is 23.0 Å². The Labute approximate surface area is 160 Å². The van der Waals surface area contributed by atoms with E-state index in [0.29, 0.717) is 13.0 Å². The fourth-order valence-electron chi connectivity index (χ4n) is 3.85. The lowest BCUT2D eigenvalue weighted by Crippen LogP contribution is -2.28. The molecule has 1 aromatic heterocycles. The number of rotatable bonds is 7. The quantitative estimate of drug-likeness (QED) is 0.808. The minimum atomic E-state index is -0.00501. The number of nitrogens with zero attached hydrogens (tertiary/aromatic N) is 2. The van der Waals surface area contributed by atoms with Gasteiger partial charge in [-0.05, 0) is 57.4 Å². The summed E-state index contributed by atoms with van der Waals surface area (Å²) >= 11 is 0. The van der Waals surface area contributed by atoms with Crippen molar-refractivity contribution < 1.29 is 9.47 Å². The maximum Gasteiger partial charge on any atom is 0.254 e. The molecule has 0 bridgehead atoms. The number of hydrogen-bond acceptors (Lipinski definition) is 5. The van der Waals surface area contributed by atoms with E-state index in [1.807, 2.05) is 32.9 Å². The van der Waals surface area contributed by atoms with Crippen molar-refractivity contribution in [3.63, 3.8) is 0 Å². The molecule has 6 heteroatoms. The van der Waals surface area contributed by atoms with E-state index in [4.69, 9.17) is 14.5 Å². The molecule has 2 aromatic rings. The zero-order valence-corrected chi connectivity index (χ0v) is 16.7. The van der Waals surface area contributed by atoms with Crippen molar-refractivity contribution in [2.45, 2.75) is 52.6 Å². The Bertz CT molecular complexity index is 847. The Balaban J connectivity index is 1.82. The summed E-state index contributed by atoms with van der Waals surface area (Å²) in [4.78, 5) is 22.5. The van der Waals surface area contributed by atoms with E-state index in [1.165, 1.54) is 0 Å². The Morgan fingerprint density at radius 3 is 2.78 bits per heavy atom. The highest BCUT2D eigenvalue weighted by molar-refractivity contribution is 5.43. The first-order valence-corrected chi connectivity index (χ1v) is 9.70. The van der Waals surface area contributed by atoms with Crippen molar-refractivity contribution in [2.75, 3.05) is 20.3 Å². The van der Waals surface area contributed by atoms with Gasteiger partial charge in [0.1, 0.15) is 5.82 Å². The lowest BCUT2D eigenvalue weighted by atomic mass is 10.1. The largest absolute Gasteiger partial charge is 0.493 e. The summed E-state index contributed by atoms with van der Waals surface area (Å²) < 4.78 is 11.1. The van der Waals surface area contributed by atoms with Crippen LogP contribution in [0, 0.1) is 6.92 Å². The summed E-state index contributed by atoms with van der Waals surface area (Å²) in [5, 5.41) is 0. The number of ether oxygens (including phenoxy) is 2. The molecular formula is C21H29N3O3. The number of benzene rings is 1. The molecule has 1 N–H and O–H groups in total. The van der Waals surface area contributed by atoms with Crippen LogP contribution in [-0.4, -0.2) is 35.1 Å². The van der Waals surface area contributed by atoms with Gasteiger partial charge in [-0.3, -0.25) is 9.69 Å². The number of H-pyrrole nitrogens is 1. The predicted octanol–water partition coefficient (Wildman–Crippen LogP) is 3.39. The first-order valence-electron chi connectivity index (χ1n) is 9.70. The van der Waals surface area contributed by atoms with Gasteiger partial charge in [-0.1, -0.05) is 13.0 Å². The van der Waals surface area contributed by atoms with Crippen LogP contribution >= 0.6 is 0 Å². The topological polar surface area (TPSA) is 67.5 Å². The molecule has 0 unspecified atom stereocenters. The predicted molar refractivity (Wildman–Crippen MR) is 106 cm³/mol. The Kier molecular flexibility index (Phi) is 6.16. The van der Waals surface area contributed by atoms with Crippen molar-refractivity contribution in [1.82, 2.24) is 14.9 Å². The molecule has 0 spiro atoms. The van der Waals surface area contributed by atoms with E-state index in [9.17, 15) is 4.79 Å². The molecule has 1 aromatic carbocycles. The Morgan fingerprint density at radius 1 is 1.30 bits per heavy atom. The standard InChI is InChI=1S/C21H29N3O3/c1-5-16-14(3)22-20(23-21(16)25)17-8-7-11-24(17)13-15-9-10-18(27-6-2)19(12-15)26-4/h9-10,12,17H,5-8,11,13H2,1-4H3,(H,22,23,25)/t17-/m0/s1. The number of aromatic nitrogens is 2. The van der Waals surface area contributed by atoms with Crippen LogP contribution in [0.5, 0.6) is 11.5 Å². The van der Waals surface area contributed by atoms with Crippen LogP contribution in [0.25, 0.3) is 0 Å². The molecule has 6 nitrogen and oxygen atoms in total. The monoisotopic (exact) mass is 371 g/mol. The fourth-order valence-corrected chi connectivity index (χ4v) is 3.85. The van der Waals surface area contributed by atoms with Gasteiger partial charge in [-0.2, -0.15) is 0 Å². The van der Waals surface area contributed by atoms with Crippen LogP contribution in [0.1, 0.15) is 55.4 Å². The molecular weight excluding hydrogens is 342 g/mol. The van der Waals surface area contributed by atoms with Crippen molar-refractivity contribution >= 4 is 0 Å². The third-order valence-corrected chi connectivity index (χ3v) is 5.19. The molecule has 0 saturated carbocycles. The number of aromatic amines is 1. The summed E-state index contributed by atoms with van der Waals surface area (Å²) in [6.45, 7) is 8.25. The molecule has 146 valence electrons. The zero-order valence-electron chi connectivity index (χ0n) is 16.7. The second-order valence-electron chi connectivity index (χ2n) is 6.92. The van der Waals surface area contributed by atoms with Gasteiger partial charge in [0.15, 0.2) is 11.5 Å². The van der Waals surface area contributed by atoms with Crippen LogP contribution < -0.4 is 15.0 Å². The van der Waals surface area contributed by atoms with E-state index in [-0.39, 0.29) is 11.6 Å². The molecule has 0 radical (unpaired) electrons. The normalized spacial score (nSPS) is 17.3. The third-order valence-electron chi connectivity index (χ3n) is 5.19. The van der Waals surface area contributed by atoms with Crippen molar-refractivity contribution in [2.24, 2.45) is 0 Å². The number of aryl methyl sites for hydroxylation is 1. The molecule has 1 aliphatic heterocycles. The van der Waals surface area contributed by atoms with E-state index in [1.54, 1.807) is 7.11 Å². The van der Waals surface area contributed by atoms with Gasteiger partial charge in [0.25, 0.3) is 5.56 Å². The summed E-state index contributed by atoms with van der Waals surface area (Å²) in [6, 6.07) is 6.20. The van der Waals surface area contributed by atoms with Crippen LogP contribution in [0.2, 0.25) is 0 Å². The Morgan fingerprint density at radius 2 is 2.11 bits per heavy atom. The molecule has 2 heterocycles. The molecule has 1 fully saturated rings. The highest BCUT2D eigenvalue weighted by Crippen LogP contribution is 2.33. The van der Waals surface area contributed by atoms with Crippen LogP contribution in [0.4, 0.5) is 0 Å². The average molecular weight is 371 g/mol.